The molecule has 1 rings (SSSR count). The number of imide groups is 1. The number of ether oxygens (including phenoxy) is 1. The maximum atomic E-state index is 12.3. The number of carbonyl (C=O) groups excluding carboxylic acids is 3. The highest BCUT2D eigenvalue weighted by Gasteiger charge is 2.40. The molecule has 0 spiro atoms. The Labute approximate surface area is 158 Å². The van der Waals surface area contributed by atoms with Gasteiger partial charge in [0.05, 0.1) is 6.61 Å². The molecule has 0 bridgehead atoms. The van der Waals surface area contributed by atoms with Gasteiger partial charge in [-0.3, -0.25) is 14.5 Å². The van der Waals surface area contributed by atoms with Crippen LogP contribution in [0, 0.1) is 0 Å². The molecule has 2 amide bonds. The smallest absolute Gasteiger partial charge is 0.329 e. The third-order valence-electron chi connectivity index (χ3n) is 5.03. The first-order valence-electron chi connectivity index (χ1n) is 10.6. The molecular weight excluding hydrogens is 330 g/mol. The number of amides is 2. The number of likely N-dealkylation sites (tertiary alicyclic amines) is 1. The van der Waals surface area contributed by atoms with Crippen molar-refractivity contribution < 1.29 is 19.1 Å². The molecule has 0 aliphatic carbocycles. The van der Waals surface area contributed by atoms with Crippen molar-refractivity contribution in [2.24, 2.45) is 0 Å². The third-order valence-corrected chi connectivity index (χ3v) is 5.03. The van der Waals surface area contributed by atoms with E-state index < -0.39 is 12.0 Å². The summed E-state index contributed by atoms with van der Waals surface area (Å²) in [6.07, 6.45) is 14.4. The second-order valence-electron chi connectivity index (χ2n) is 7.25. The first-order chi connectivity index (χ1) is 12.6. The van der Waals surface area contributed by atoms with Crippen LogP contribution in [0.3, 0.4) is 0 Å². The van der Waals surface area contributed by atoms with Crippen LogP contribution >= 0.6 is 0 Å². The Morgan fingerprint density at radius 3 is 2.00 bits per heavy atom. The number of unbranched alkanes of at least 4 members (excludes halogenated alkanes) is 10. The Morgan fingerprint density at radius 1 is 0.923 bits per heavy atom. The van der Waals surface area contributed by atoms with E-state index in [0.717, 1.165) is 24.2 Å². The Hall–Kier alpha value is -1.39. The molecule has 1 fully saturated rings. The third kappa shape index (κ3) is 8.33. The van der Waals surface area contributed by atoms with Gasteiger partial charge in [0.25, 0.3) is 0 Å². The van der Waals surface area contributed by atoms with Crippen molar-refractivity contribution >= 4 is 17.8 Å². The summed E-state index contributed by atoms with van der Waals surface area (Å²) in [5.74, 6) is -0.914. The highest BCUT2D eigenvalue weighted by atomic mass is 16.5. The normalized spacial score (nSPS) is 16.9. The minimum absolute atomic E-state index is 0.221. The topological polar surface area (TPSA) is 63.7 Å². The molecule has 150 valence electrons. The minimum atomic E-state index is -0.706. The van der Waals surface area contributed by atoms with Crippen molar-refractivity contribution in [3.8, 4) is 0 Å². The monoisotopic (exact) mass is 367 g/mol. The maximum Gasteiger partial charge on any atom is 0.329 e. The SMILES string of the molecule is CCCCCCCCCCCCCC(=O)N1C(=O)CCC1C(=O)OCC. The fourth-order valence-electron chi connectivity index (χ4n) is 3.52. The lowest BCUT2D eigenvalue weighted by Gasteiger charge is -2.21. The van der Waals surface area contributed by atoms with Gasteiger partial charge in [0.2, 0.25) is 11.8 Å². The molecule has 0 aromatic rings. The molecule has 0 aromatic heterocycles. The van der Waals surface area contributed by atoms with Crippen molar-refractivity contribution in [2.45, 2.75) is 110 Å². The molecule has 1 heterocycles. The maximum absolute atomic E-state index is 12.3. The Bertz CT molecular complexity index is 436. The molecule has 1 aliphatic heterocycles. The van der Waals surface area contributed by atoms with Gasteiger partial charge < -0.3 is 4.74 Å². The van der Waals surface area contributed by atoms with Gasteiger partial charge in [0.1, 0.15) is 6.04 Å². The summed E-state index contributed by atoms with van der Waals surface area (Å²) in [4.78, 5) is 37.3. The van der Waals surface area contributed by atoms with Crippen LogP contribution in [0.15, 0.2) is 0 Å². The molecule has 5 nitrogen and oxygen atoms in total. The predicted octanol–water partition coefficient (Wildman–Crippen LogP) is 4.77. The molecule has 1 unspecified atom stereocenters. The van der Waals surface area contributed by atoms with Crippen molar-refractivity contribution in [1.29, 1.82) is 0 Å². The van der Waals surface area contributed by atoms with Crippen LogP contribution in [-0.4, -0.2) is 35.3 Å². The lowest BCUT2D eigenvalue weighted by molar-refractivity contribution is -0.157. The number of carbonyl (C=O) groups is 3. The average molecular weight is 368 g/mol. The van der Waals surface area contributed by atoms with Crippen LogP contribution in [0.1, 0.15) is 104 Å². The molecule has 0 N–H and O–H groups in total. The molecule has 0 radical (unpaired) electrons. The summed E-state index contributed by atoms with van der Waals surface area (Å²) in [6.45, 7) is 4.23. The minimum Gasteiger partial charge on any atom is -0.464 e. The fraction of sp³-hybridized carbons (Fsp3) is 0.857. The molecule has 0 saturated carbocycles. The summed E-state index contributed by atoms with van der Waals surface area (Å²) in [5, 5.41) is 0. The van der Waals surface area contributed by atoms with Gasteiger partial charge in [-0.2, -0.15) is 0 Å². The lowest BCUT2D eigenvalue weighted by atomic mass is 10.1. The average Bonchev–Trinajstić information content (AvgIpc) is 3.01. The largest absolute Gasteiger partial charge is 0.464 e. The fourth-order valence-corrected chi connectivity index (χ4v) is 3.52. The van der Waals surface area contributed by atoms with E-state index in [2.05, 4.69) is 6.92 Å². The molecule has 1 saturated heterocycles. The van der Waals surface area contributed by atoms with Gasteiger partial charge in [-0.25, -0.2) is 4.79 Å². The summed E-state index contributed by atoms with van der Waals surface area (Å²) >= 11 is 0. The Morgan fingerprint density at radius 2 is 1.46 bits per heavy atom. The first kappa shape index (κ1) is 22.7. The van der Waals surface area contributed by atoms with Crippen LogP contribution in [0.2, 0.25) is 0 Å². The number of nitrogens with zero attached hydrogens (tertiary/aromatic N) is 1. The Kier molecular flexibility index (Phi) is 12.0. The van der Waals surface area contributed by atoms with E-state index in [0.29, 0.717) is 12.8 Å². The van der Waals surface area contributed by atoms with Crippen molar-refractivity contribution in [3.63, 3.8) is 0 Å². The van der Waals surface area contributed by atoms with E-state index in [9.17, 15) is 14.4 Å². The van der Waals surface area contributed by atoms with E-state index in [1.165, 1.54) is 51.4 Å². The summed E-state index contributed by atoms with van der Waals surface area (Å²) in [6, 6.07) is -0.706. The van der Waals surface area contributed by atoms with Crippen LogP contribution in [0.5, 0.6) is 0 Å². The van der Waals surface area contributed by atoms with Crippen molar-refractivity contribution in [3.05, 3.63) is 0 Å². The molecule has 1 aliphatic rings. The van der Waals surface area contributed by atoms with Gasteiger partial charge in [0, 0.05) is 12.8 Å². The zero-order chi connectivity index (χ0) is 19.2. The van der Waals surface area contributed by atoms with Gasteiger partial charge in [-0.1, -0.05) is 71.1 Å². The van der Waals surface area contributed by atoms with E-state index in [4.69, 9.17) is 4.74 Å². The van der Waals surface area contributed by atoms with Gasteiger partial charge in [-0.15, -0.1) is 0 Å². The predicted molar refractivity (Wildman–Crippen MR) is 103 cm³/mol. The second-order valence-corrected chi connectivity index (χ2v) is 7.25. The molecule has 0 aromatic carbocycles. The first-order valence-corrected chi connectivity index (χ1v) is 10.6. The van der Waals surface area contributed by atoms with Crippen molar-refractivity contribution in [2.75, 3.05) is 6.61 Å². The van der Waals surface area contributed by atoms with Crippen LogP contribution in [-0.2, 0) is 19.1 Å². The molecule has 5 heteroatoms. The van der Waals surface area contributed by atoms with Gasteiger partial charge in [0.15, 0.2) is 0 Å². The number of hydrogen-bond donors (Lipinski definition) is 0. The number of hydrogen-bond acceptors (Lipinski definition) is 4. The quantitative estimate of drug-likeness (QED) is 0.328. The molecule has 1 atom stereocenters. The second kappa shape index (κ2) is 13.8. The van der Waals surface area contributed by atoms with Crippen LogP contribution in [0.4, 0.5) is 0 Å². The van der Waals surface area contributed by atoms with E-state index in [1.54, 1.807) is 6.92 Å². The zero-order valence-corrected chi connectivity index (χ0v) is 16.8. The van der Waals surface area contributed by atoms with Crippen molar-refractivity contribution in [1.82, 2.24) is 4.90 Å². The van der Waals surface area contributed by atoms with E-state index in [-0.39, 0.29) is 24.8 Å². The lowest BCUT2D eigenvalue weighted by Crippen LogP contribution is -2.43. The van der Waals surface area contributed by atoms with Crippen LogP contribution in [0.25, 0.3) is 0 Å². The molecular formula is C21H37NO4. The highest BCUT2D eigenvalue weighted by molar-refractivity contribution is 6.01. The summed E-state index contributed by atoms with van der Waals surface area (Å²) in [7, 11) is 0. The Balaban J connectivity index is 2.12. The summed E-state index contributed by atoms with van der Waals surface area (Å²) in [5.41, 5.74) is 0. The van der Waals surface area contributed by atoms with Gasteiger partial charge in [-0.05, 0) is 19.8 Å². The zero-order valence-electron chi connectivity index (χ0n) is 16.8. The number of esters is 1. The highest BCUT2D eigenvalue weighted by Crippen LogP contribution is 2.22. The van der Waals surface area contributed by atoms with E-state index >= 15 is 0 Å². The van der Waals surface area contributed by atoms with Crippen LogP contribution < -0.4 is 0 Å². The number of rotatable bonds is 14. The standard InChI is InChI=1S/C21H37NO4/c1-3-5-6-7-8-9-10-11-12-13-14-15-19(23)22-18(16-17-20(22)24)21(25)26-4-2/h18H,3-17H2,1-2H3. The van der Waals surface area contributed by atoms with Gasteiger partial charge >= 0.3 is 5.97 Å². The summed E-state index contributed by atoms with van der Waals surface area (Å²) < 4.78 is 4.98. The molecule has 26 heavy (non-hydrogen) atoms. The van der Waals surface area contributed by atoms with E-state index in [1.807, 2.05) is 0 Å².